The van der Waals surface area contributed by atoms with Gasteiger partial charge in [-0.1, -0.05) is 19.0 Å². The van der Waals surface area contributed by atoms with Crippen LogP contribution in [-0.2, 0) is 0 Å². The molecule has 1 heterocycles. The van der Waals surface area contributed by atoms with E-state index in [1.54, 1.807) is 7.11 Å². The summed E-state index contributed by atoms with van der Waals surface area (Å²) in [5, 5.41) is 3.94. The van der Waals surface area contributed by atoms with Crippen LogP contribution in [0.3, 0.4) is 0 Å². The van der Waals surface area contributed by atoms with Crippen LogP contribution < -0.4 is 10.5 Å². The zero-order valence-electron chi connectivity index (χ0n) is 11.2. The van der Waals surface area contributed by atoms with Crippen LogP contribution >= 0.6 is 12.4 Å². The summed E-state index contributed by atoms with van der Waals surface area (Å²) < 4.78 is 10.3. The molecule has 0 unspecified atom stereocenters. The number of nitrogens with zero attached hydrogens (tertiary/aromatic N) is 2. The average Bonchev–Trinajstić information content (AvgIpc) is 2.87. The molecule has 5 nitrogen and oxygen atoms in total. The van der Waals surface area contributed by atoms with E-state index < -0.39 is 0 Å². The SMILES string of the molecule is COc1ccc(-c2noc([C@@H](N)C(C)C)n2)cc1.Cl. The van der Waals surface area contributed by atoms with Crippen LogP contribution in [0.25, 0.3) is 11.4 Å². The van der Waals surface area contributed by atoms with Gasteiger partial charge in [0.15, 0.2) is 0 Å². The van der Waals surface area contributed by atoms with Gasteiger partial charge in [-0.15, -0.1) is 12.4 Å². The maximum atomic E-state index is 5.96. The maximum absolute atomic E-state index is 5.96. The van der Waals surface area contributed by atoms with Gasteiger partial charge in [0.25, 0.3) is 0 Å². The lowest BCUT2D eigenvalue weighted by molar-refractivity contribution is 0.325. The first-order valence-electron chi connectivity index (χ1n) is 5.85. The normalized spacial score (nSPS) is 12.1. The number of methoxy groups -OCH3 is 1. The van der Waals surface area contributed by atoms with Crippen molar-refractivity contribution in [2.24, 2.45) is 11.7 Å². The molecule has 1 aromatic heterocycles. The standard InChI is InChI=1S/C13H17N3O2.ClH/c1-8(2)11(14)13-15-12(16-18-13)9-4-6-10(17-3)7-5-9;/h4-8,11H,14H2,1-3H3;1H/t11-;/m0./s1. The van der Waals surface area contributed by atoms with Crippen molar-refractivity contribution in [3.05, 3.63) is 30.2 Å². The third kappa shape index (κ3) is 3.45. The van der Waals surface area contributed by atoms with Gasteiger partial charge in [-0.05, 0) is 30.2 Å². The molecule has 0 aliphatic rings. The molecule has 1 atom stereocenters. The highest BCUT2D eigenvalue weighted by molar-refractivity contribution is 5.85. The van der Waals surface area contributed by atoms with Crippen LogP contribution in [0.2, 0.25) is 0 Å². The Morgan fingerprint density at radius 1 is 1.21 bits per heavy atom. The highest BCUT2D eigenvalue weighted by Gasteiger charge is 2.18. The molecule has 0 bridgehead atoms. The van der Waals surface area contributed by atoms with Crippen LogP contribution in [0, 0.1) is 5.92 Å². The van der Waals surface area contributed by atoms with Crippen LogP contribution in [0.5, 0.6) is 5.75 Å². The molecule has 0 aliphatic heterocycles. The zero-order chi connectivity index (χ0) is 13.1. The van der Waals surface area contributed by atoms with Gasteiger partial charge in [0.2, 0.25) is 11.7 Å². The van der Waals surface area contributed by atoms with E-state index >= 15 is 0 Å². The summed E-state index contributed by atoms with van der Waals surface area (Å²) >= 11 is 0. The Labute approximate surface area is 118 Å². The molecule has 104 valence electrons. The summed E-state index contributed by atoms with van der Waals surface area (Å²) in [5.41, 5.74) is 6.84. The van der Waals surface area contributed by atoms with Crippen molar-refractivity contribution >= 4 is 12.4 Å². The quantitative estimate of drug-likeness (QED) is 0.934. The summed E-state index contributed by atoms with van der Waals surface area (Å²) in [6, 6.07) is 7.24. The number of nitrogens with two attached hydrogens (primary N) is 1. The minimum Gasteiger partial charge on any atom is -0.497 e. The van der Waals surface area contributed by atoms with Crippen molar-refractivity contribution in [3.63, 3.8) is 0 Å². The van der Waals surface area contributed by atoms with Crippen LogP contribution in [0.1, 0.15) is 25.8 Å². The predicted molar refractivity (Wildman–Crippen MR) is 75.3 cm³/mol. The molecule has 0 radical (unpaired) electrons. The minimum absolute atomic E-state index is 0. The van der Waals surface area contributed by atoms with Crippen molar-refractivity contribution in [1.82, 2.24) is 10.1 Å². The van der Waals surface area contributed by atoms with Gasteiger partial charge in [-0.25, -0.2) is 0 Å². The molecule has 2 rings (SSSR count). The Morgan fingerprint density at radius 2 is 1.84 bits per heavy atom. The molecular weight excluding hydrogens is 266 g/mol. The predicted octanol–water partition coefficient (Wildman–Crippen LogP) is 2.82. The largest absolute Gasteiger partial charge is 0.497 e. The zero-order valence-corrected chi connectivity index (χ0v) is 12.0. The van der Waals surface area contributed by atoms with Crippen molar-refractivity contribution in [2.45, 2.75) is 19.9 Å². The van der Waals surface area contributed by atoms with E-state index in [4.69, 9.17) is 15.0 Å². The van der Waals surface area contributed by atoms with Gasteiger partial charge >= 0.3 is 0 Å². The second kappa shape index (κ2) is 6.54. The van der Waals surface area contributed by atoms with Crippen LogP contribution in [-0.4, -0.2) is 17.3 Å². The molecule has 0 saturated carbocycles. The van der Waals surface area contributed by atoms with Crippen LogP contribution in [0.15, 0.2) is 28.8 Å². The fourth-order valence-corrected chi connectivity index (χ4v) is 1.51. The minimum atomic E-state index is -0.232. The number of benzene rings is 1. The van der Waals surface area contributed by atoms with E-state index in [1.807, 2.05) is 38.1 Å². The molecule has 0 spiro atoms. The van der Waals surface area contributed by atoms with E-state index in [2.05, 4.69) is 10.1 Å². The van der Waals surface area contributed by atoms with Crippen molar-refractivity contribution < 1.29 is 9.26 Å². The van der Waals surface area contributed by atoms with E-state index in [9.17, 15) is 0 Å². The highest BCUT2D eigenvalue weighted by Crippen LogP contribution is 2.23. The molecule has 0 fully saturated rings. The third-order valence-electron chi connectivity index (χ3n) is 2.79. The first kappa shape index (κ1) is 15.5. The molecule has 2 N–H and O–H groups in total. The Kier molecular flexibility index (Phi) is 5.32. The van der Waals surface area contributed by atoms with E-state index in [0.29, 0.717) is 11.7 Å². The lowest BCUT2D eigenvalue weighted by atomic mass is 10.1. The summed E-state index contributed by atoms with van der Waals surface area (Å²) in [7, 11) is 1.63. The molecule has 19 heavy (non-hydrogen) atoms. The van der Waals surface area contributed by atoms with E-state index in [1.165, 1.54) is 0 Å². The summed E-state index contributed by atoms with van der Waals surface area (Å²) in [4.78, 5) is 4.31. The Morgan fingerprint density at radius 3 is 2.37 bits per heavy atom. The van der Waals surface area contributed by atoms with E-state index in [-0.39, 0.29) is 24.4 Å². The number of halogens is 1. The summed E-state index contributed by atoms with van der Waals surface area (Å²) in [5.74, 6) is 2.06. The lowest BCUT2D eigenvalue weighted by Gasteiger charge is -2.09. The first-order valence-corrected chi connectivity index (χ1v) is 5.85. The van der Waals surface area contributed by atoms with Gasteiger partial charge in [0, 0.05) is 5.56 Å². The van der Waals surface area contributed by atoms with Gasteiger partial charge in [0.05, 0.1) is 13.2 Å². The monoisotopic (exact) mass is 283 g/mol. The Hall–Kier alpha value is -1.59. The second-order valence-corrected chi connectivity index (χ2v) is 4.45. The van der Waals surface area contributed by atoms with Gasteiger partial charge in [-0.2, -0.15) is 4.98 Å². The molecule has 6 heteroatoms. The summed E-state index contributed by atoms with van der Waals surface area (Å²) in [6.07, 6.45) is 0. The number of hydrogen-bond donors (Lipinski definition) is 1. The molecule has 1 aromatic carbocycles. The Bertz CT molecular complexity index is 511. The van der Waals surface area contributed by atoms with Crippen molar-refractivity contribution in [3.8, 4) is 17.1 Å². The average molecular weight is 284 g/mol. The molecular formula is C13H18ClN3O2. The number of aromatic nitrogens is 2. The molecule has 0 amide bonds. The van der Waals surface area contributed by atoms with E-state index in [0.717, 1.165) is 11.3 Å². The fourth-order valence-electron chi connectivity index (χ4n) is 1.51. The smallest absolute Gasteiger partial charge is 0.244 e. The van der Waals surface area contributed by atoms with Gasteiger partial charge in [-0.3, -0.25) is 0 Å². The fraction of sp³-hybridized carbons (Fsp3) is 0.385. The lowest BCUT2D eigenvalue weighted by Crippen LogP contribution is -2.16. The molecule has 0 saturated heterocycles. The third-order valence-corrected chi connectivity index (χ3v) is 2.79. The number of hydrogen-bond acceptors (Lipinski definition) is 5. The van der Waals surface area contributed by atoms with Gasteiger partial charge in [0.1, 0.15) is 5.75 Å². The van der Waals surface area contributed by atoms with Gasteiger partial charge < -0.3 is 15.0 Å². The topological polar surface area (TPSA) is 74.2 Å². The maximum Gasteiger partial charge on any atom is 0.244 e. The number of ether oxygens (including phenoxy) is 1. The molecule has 0 aliphatic carbocycles. The Balaban J connectivity index is 0.00000180. The van der Waals surface area contributed by atoms with Crippen molar-refractivity contribution in [1.29, 1.82) is 0 Å². The highest BCUT2D eigenvalue weighted by atomic mass is 35.5. The number of rotatable bonds is 4. The van der Waals surface area contributed by atoms with Crippen molar-refractivity contribution in [2.75, 3.05) is 7.11 Å². The second-order valence-electron chi connectivity index (χ2n) is 4.45. The molecule has 2 aromatic rings. The first-order chi connectivity index (χ1) is 8.61. The summed E-state index contributed by atoms with van der Waals surface area (Å²) in [6.45, 7) is 4.03. The van der Waals surface area contributed by atoms with Crippen LogP contribution in [0.4, 0.5) is 0 Å².